The maximum atomic E-state index is 12.6. The van der Waals surface area contributed by atoms with Crippen molar-refractivity contribution in [3.8, 4) is 5.75 Å². The van der Waals surface area contributed by atoms with E-state index in [0.717, 1.165) is 17.0 Å². The van der Waals surface area contributed by atoms with Gasteiger partial charge in [-0.25, -0.2) is 0 Å². The Bertz CT molecular complexity index is 828. The zero-order valence-corrected chi connectivity index (χ0v) is 16.3. The van der Waals surface area contributed by atoms with Crippen molar-refractivity contribution in [2.75, 3.05) is 25.5 Å². The highest BCUT2D eigenvalue weighted by molar-refractivity contribution is 6.31. The van der Waals surface area contributed by atoms with Crippen molar-refractivity contribution in [2.24, 2.45) is 5.92 Å². The van der Waals surface area contributed by atoms with E-state index in [1.807, 2.05) is 19.1 Å². The molecule has 142 valence electrons. The molecule has 1 heterocycles. The summed E-state index contributed by atoms with van der Waals surface area (Å²) in [5.74, 6) is 0.584. The number of benzene rings is 2. The van der Waals surface area contributed by atoms with Crippen LogP contribution in [0.3, 0.4) is 0 Å². The third-order valence-electron chi connectivity index (χ3n) is 5.02. The molecule has 2 aromatic rings. The molecule has 1 fully saturated rings. The fourth-order valence-electron chi connectivity index (χ4n) is 3.24. The first-order valence-corrected chi connectivity index (χ1v) is 9.36. The number of ether oxygens (including phenoxy) is 1. The van der Waals surface area contributed by atoms with Gasteiger partial charge in [-0.05, 0) is 61.7 Å². The van der Waals surface area contributed by atoms with Gasteiger partial charge < -0.3 is 15.0 Å². The number of hydrogen-bond donors (Lipinski definition) is 1. The largest absolute Gasteiger partial charge is 0.497 e. The van der Waals surface area contributed by atoms with Gasteiger partial charge in [-0.3, -0.25) is 9.59 Å². The van der Waals surface area contributed by atoms with Crippen molar-refractivity contribution < 1.29 is 14.3 Å². The highest BCUT2D eigenvalue weighted by Gasteiger charge is 2.28. The predicted octanol–water partition coefficient (Wildman–Crippen LogP) is 4.15. The molecule has 5 nitrogen and oxygen atoms in total. The summed E-state index contributed by atoms with van der Waals surface area (Å²) in [6.45, 7) is 3.02. The minimum Gasteiger partial charge on any atom is -0.497 e. The van der Waals surface area contributed by atoms with Crippen molar-refractivity contribution in [2.45, 2.75) is 19.8 Å². The van der Waals surface area contributed by atoms with Crippen LogP contribution >= 0.6 is 11.6 Å². The number of rotatable bonds is 4. The second-order valence-electron chi connectivity index (χ2n) is 6.70. The van der Waals surface area contributed by atoms with E-state index in [2.05, 4.69) is 5.32 Å². The summed E-state index contributed by atoms with van der Waals surface area (Å²) in [5, 5.41) is 3.60. The van der Waals surface area contributed by atoms with Gasteiger partial charge in [0.1, 0.15) is 5.75 Å². The number of carbonyl (C=O) groups excluding carboxylic acids is 2. The van der Waals surface area contributed by atoms with Crippen molar-refractivity contribution in [3.63, 3.8) is 0 Å². The second kappa shape index (κ2) is 8.44. The van der Waals surface area contributed by atoms with Crippen LogP contribution in [0.15, 0.2) is 42.5 Å². The molecule has 0 radical (unpaired) electrons. The van der Waals surface area contributed by atoms with Crippen molar-refractivity contribution >= 4 is 29.1 Å². The SMILES string of the molecule is COc1ccc(C(=O)N2CCC(C(=O)Nc3cccc(Cl)c3C)CC2)cc1. The fraction of sp³-hybridized carbons (Fsp3) is 0.333. The Morgan fingerprint density at radius 2 is 1.78 bits per heavy atom. The molecule has 2 aromatic carbocycles. The molecule has 0 aliphatic carbocycles. The number of likely N-dealkylation sites (tertiary alicyclic amines) is 1. The van der Waals surface area contributed by atoms with Gasteiger partial charge in [0.2, 0.25) is 5.91 Å². The third-order valence-corrected chi connectivity index (χ3v) is 5.42. The molecular weight excluding hydrogens is 364 g/mol. The number of carbonyl (C=O) groups is 2. The maximum absolute atomic E-state index is 12.6. The highest BCUT2D eigenvalue weighted by atomic mass is 35.5. The average molecular weight is 387 g/mol. The van der Waals surface area contributed by atoms with E-state index in [9.17, 15) is 9.59 Å². The van der Waals surface area contributed by atoms with E-state index < -0.39 is 0 Å². The molecule has 1 aliphatic heterocycles. The standard InChI is InChI=1S/C21H23ClN2O3/c1-14-18(22)4-3-5-19(14)23-20(25)15-10-12-24(13-11-15)21(26)16-6-8-17(27-2)9-7-16/h3-9,15H,10-13H2,1-2H3,(H,23,25). The van der Waals surface area contributed by atoms with E-state index in [1.165, 1.54) is 0 Å². The summed E-state index contributed by atoms with van der Waals surface area (Å²) in [4.78, 5) is 27.0. The van der Waals surface area contributed by atoms with Gasteiger partial charge >= 0.3 is 0 Å². The Balaban J connectivity index is 1.57. The van der Waals surface area contributed by atoms with Gasteiger partial charge in [-0.2, -0.15) is 0 Å². The number of nitrogens with one attached hydrogen (secondary N) is 1. The van der Waals surface area contributed by atoms with Crippen molar-refractivity contribution in [3.05, 3.63) is 58.6 Å². The predicted molar refractivity (Wildman–Crippen MR) is 106 cm³/mol. The molecule has 0 spiro atoms. The lowest BCUT2D eigenvalue weighted by molar-refractivity contribution is -0.121. The van der Waals surface area contributed by atoms with Crippen LogP contribution in [0.4, 0.5) is 5.69 Å². The Kier molecular flexibility index (Phi) is 6.01. The van der Waals surface area contributed by atoms with Crippen molar-refractivity contribution in [1.29, 1.82) is 0 Å². The lowest BCUT2D eigenvalue weighted by Gasteiger charge is -2.31. The zero-order valence-electron chi connectivity index (χ0n) is 15.5. The summed E-state index contributed by atoms with van der Waals surface area (Å²) in [5.41, 5.74) is 2.23. The second-order valence-corrected chi connectivity index (χ2v) is 7.10. The highest BCUT2D eigenvalue weighted by Crippen LogP contribution is 2.26. The van der Waals surface area contributed by atoms with Gasteiger partial charge in [0.15, 0.2) is 0 Å². The number of hydrogen-bond acceptors (Lipinski definition) is 3. The van der Waals surface area contributed by atoms with Crippen LogP contribution in [0, 0.1) is 12.8 Å². The van der Waals surface area contributed by atoms with E-state index in [0.29, 0.717) is 36.5 Å². The molecule has 1 aliphatic rings. The first kappa shape index (κ1) is 19.2. The van der Waals surface area contributed by atoms with E-state index in [4.69, 9.17) is 16.3 Å². The Labute approximate surface area is 164 Å². The molecule has 0 saturated carbocycles. The molecular formula is C21H23ClN2O3. The summed E-state index contributed by atoms with van der Waals surface area (Å²) in [6, 6.07) is 12.6. The topological polar surface area (TPSA) is 58.6 Å². The van der Waals surface area contributed by atoms with Gasteiger partial charge in [-0.1, -0.05) is 17.7 Å². The van der Waals surface area contributed by atoms with Crippen LogP contribution in [0.5, 0.6) is 5.75 Å². The molecule has 0 atom stereocenters. The molecule has 6 heteroatoms. The molecule has 1 N–H and O–H groups in total. The Morgan fingerprint density at radius 3 is 2.41 bits per heavy atom. The van der Waals surface area contributed by atoms with E-state index >= 15 is 0 Å². The number of piperidine rings is 1. The van der Waals surface area contributed by atoms with Crippen LogP contribution in [0.25, 0.3) is 0 Å². The van der Waals surface area contributed by atoms with E-state index in [1.54, 1.807) is 42.3 Å². The Morgan fingerprint density at radius 1 is 1.11 bits per heavy atom. The molecule has 0 bridgehead atoms. The van der Waals surface area contributed by atoms with Gasteiger partial charge in [-0.15, -0.1) is 0 Å². The minimum atomic E-state index is -0.108. The number of nitrogens with zero attached hydrogens (tertiary/aromatic N) is 1. The first-order valence-electron chi connectivity index (χ1n) is 8.99. The molecule has 2 amide bonds. The summed E-state index contributed by atoms with van der Waals surface area (Å²) in [7, 11) is 1.59. The zero-order chi connectivity index (χ0) is 19.4. The van der Waals surface area contributed by atoms with Gasteiger partial charge in [0.25, 0.3) is 5.91 Å². The lowest BCUT2D eigenvalue weighted by atomic mass is 9.95. The summed E-state index contributed by atoms with van der Waals surface area (Å²) < 4.78 is 5.12. The smallest absolute Gasteiger partial charge is 0.253 e. The minimum absolute atomic E-state index is 0.0119. The number of halogens is 1. The van der Waals surface area contributed by atoms with Crippen LogP contribution in [0.1, 0.15) is 28.8 Å². The van der Waals surface area contributed by atoms with Crippen LogP contribution in [-0.2, 0) is 4.79 Å². The summed E-state index contributed by atoms with van der Waals surface area (Å²) in [6.07, 6.45) is 1.29. The quantitative estimate of drug-likeness (QED) is 0.858. The van der Waals surface area contributed by atoms with Crippen molar-refractivity contribution in [1.82, 2.24) is 4.90 Å². The van der Waals surface area contributed by atoms with E-state index in [-0.39, 0.29) is 17.7 Å². The van der Waals surface area contributed by atoms with Gasteiger partial charge in [0.05, 0.1) is 7.11 Å². The van der Waals surface area contributed by atoms with Crippen LogP contribution in [0.2, 0.25) is 5.02 Å². The van der Waals surface area contributed by atoms with Gasteiger partial charge in [0, 0.05) is 35.3 Å². The lowest BCUT2D eigenvalue weighted by Crippen LogP contribution is -2.41. The monoisotopic (exact) mass is 386 g/mol. The first-order chi connectivity index (χ1) is 13.0. The average Bonchev–Trinajstić information content (AvgIpc) is 2.71. The van der Waals surface area contributed by atoms with Crippen LogP contribution < -0.4 is 10.1 Å². The molecule has 0 unspecified atom stereocenters. The fourth-order valence-corrected chi connectivity index (χ4v) is 3.41. The number of methoxy groups -OCH3 is 1. The third kappa shape index (κ3) is 4.42. The van der Waals surface area contributed by atoms with Crippen LogP contribution in [-0.4, -0.2) is 36.9 Å². The molecule has 3 rings (SSSR count). The molecule has 1 saturated heterocycles. The molecule has 27 heavy (non-hydrogen) atoms. The number of anilines is 1. The maximum Gasteiger partial charge on any atom is 0.253 e. The normalized spacial score (nSPS) is 14.7. The Hall–Kier alpha value is -2.53. The summed E-state index contributed by atoms with van der Waals surface area (Å²) >= 11 is 6.11. The number of amides is 2. The molecule has 0 aromatic heterocycles.